The van der Waals surface area contributed by atoms with E-state index in [9.17, 15) is 13.2 Å². The molecule has 1 aliphatic carbocycles. The molecule has 2 aromatic rings. The molecule has 0 aliphatic heterocycles. The minimum Gasteiger partial charge on any atom is -0.479 e. The molecule has 3 rings (SSSR count). The minimum atomic E-state index is -3.87. The van der Waals surface area contributed by atoms with Crippen LogP contribution in [-0.2, 0) is 21.2 Å². The maximum Gasteiger partial charge on any atom is 0.242 e. The highest BCUT2D eigenvalue weighted by atomic mass is 35.5. The second kappa shape index (κ2) is 8.85. The van der Waals surface area contributed by atoms with Crippen LogP contribution in [0.25, 0.3) is 0 Å². The molecule has 0 heterocycles. The number of halogens is 1. The Labute approximate surface area is 175 Å². The summed E-state index contributed by atoms with van der Waals surface area (Å²) in [5.41, 5.74) is 0.755. The Bertz CT molecular complexity index is 1020. The van der Waals surface area contributed by atoms with Gasteiger partial charge in [0.2, 0.25) is 5.91 Å². The number of carbonyl (C=O) groups is 1. The summed E-state index contributed by atoms with van der Waals surface area (Å²) in [5, 5.41) is 11.8. The summed E-state index contributed by atoms with van der Waals surface area (Å²) in [6, 6.07) is 14.8. The Morgan fingerprint density at radius 1 is 1.17 bits per heavy atom. The van der Waals surface area contributed by atoms with Crippen molar-refractivity contribution < 1.29 is 17.9 Å². The molecule has 1 amide bonds. The number of carbonyl (C=O) groups excluding carboxylic acids is 1. The monoisotopic (exact) mass is 432 g/mol. The average Bonchev–Trinajstić information content (AvgIpc) is 3.23. The van der Waals surface area contributed by atoms with E-state index in [1.54, 1.807) is 24.3 Å². The zero-order valence-electron chi connectivity index (χ0n) is 15.7. The van der Waals surface area contributed by atoms with Crippen molar-refractivity contribution in [2.45, 2.75) is 41.9 Å². The number of hydrogen-bond donors (Lipinski definition) is 1. The van der Waals surface area contributed by atoms with E-state index in [2.05, 4.69) is 5.32 Å². The summed E-state index contributed by atoms with van der Waals surface area (Å²) in [7, 11) is -3.87. The maximum atomic E-state index is 13.3. The van der Waals surface area contributed by atoms with Crippen molar-refractivity contribution in [3.05, 3.63) is 59.1 Å². The van der Waals surface area contributed by atoms with Gasteiger partial charge in [-0.3, -0.25) is 4.79 Å². The minimum absolute atomic E-state index is 0.0712. The van der Waals surface area contributed by atoms with Gasteiger partial charge in [-0.05, 0) is 54.8 Å². The third kappa shape index (κ3) is 4.39. The first-order chi connectivity index (χ1) is 13.9. The van der Waals surface area contributed by atoms with Crippen molar-refractivity contribution >= 4 is 27.3 Å². The third-order valence-corrected chi connectivity index (χ3v) is 7.89. The zero-order chi connectivity index (χ0) is 20.9. The number of sulfone groups is 1. The summed E-state index contributed by atoms with van der Waals surface area (Å²) in [4.78, 5) is 13.2. The van der Waals surface area contributed by atoms with Crippen molar-refractivity contribution in [1.82, 2.24) is 5.32 Å². The standard InChI is InChI=1S/C21H21ClN2O4S/c22-17-6-8-19(9-7-17)29(26,27)21(10-1-2-11-21)20(25)24-15-16-4-3-5-18(14-16)28-13-12-23/h3-9,14H,1-2,10-11,13,15H2,(H,24,25). The fourth-order valence-corrected chi connectivity index (χ4v) is 5.82. The topological polar surface area (TPSA) is 96.3 Å². The molecule has 152 valence electrons. The Balaban J connectivity index is 1.80. The number of hydrogen-bond acceptors (Lipinski definition) is 5. The lowest BCUT2D eigenvalue weighted by atomic mass is 10.1. The molecule has 1 fully saturated rings. The van der Waals surface area contributed by atoms with E-state index in [1.165, 1.54) is 24.3 Å². The summed E-state index contributed by atoms with van der Waals surface area (Å²) in [6.07, 6.45) is 1.93. The molecule has 0 bridgehead atoms. The van der Waals surface area contributed by atoms with Gasteiger partial charge in [0, 0.05) is 11.6 Å². The molecular formula is C21H21ClN2O4S. The van der Waals surface area contributed by atoms with Crippen LogP contribution in [0, 0.1) is 11.3 Å². The largest absolute Gasteiger partial charge is 0.479 e. The molecule has 0 unspecified atom stereocenters. The van der Waals surface area contributed by atoms with Gasteiger partial charge in [0.25, 0.3) is 0 Å². The molecule has 0 saturated heterocycles. The number of nitrogens with one attached hydrogen (secondary N) is 1. The van der Waals surface area contributed by atoms with Crippen molar-refractivity contribution in [2.24, 2.45) is 0 Å². The number of nitrogens with zero attached hydrogens (tertiary/aromatic N) is 1. The maximum absolute atomic E-state index is 13.3. The van der Waals surface area contributed by atoms with Gasteiger partial charge in [-0.1, -0.05) is 36.6 Å². The predicted molar refractivity (Wildman–Crippen MR) is 109 cm³/mol. The predicted octanol–water partition coefficient (Wildman–Crippen LogP) is 3.65. The molecule has 0 spiro atoms. The molecule has 1 N–H and O–H groups in total. The molecule has 0 aromatic heterocycles. The number of rotatable bonds is 7. The van der Waals surface area contributed by atoms with Crippen LogP contribution >= 0.6 is 11.6 Å². The molecule has 1 aliphatic rings. The summed E-state index contributed by atoms with van der Waals surface area (Å²) < 4.78 is 30.5. The summed E-state index contributed by atoms with van der Waals surface area (Å²) >= 11 is 5.88. The molecule has 0 atom stereocenters. The lowest BCUT2D eigenvalue weighted by Gasteiger charge is -2.27. The first-order valence-corrected chi connectivity index (χ1v) is 11.1. The number of benzene rings is 2. The van der Waals surface area contributed by atoms with E-state index < -0.39 is 20.5 Å². The summed E-state index contributed by atoms with van der Waals surface area (Å²) in [5.74, 6) is 0.0240. The molecule has 6 nitrogen and oxygen atoms in total. The van der Waals surface area contributed by atoms with Crippen LogP contribution in [0.15, 0.2) is 53.4 Å². The van der Waals surface area contributed by atoms with Gasteiger partial charge in [0.05, 0.1) is 4.90 Å². The molecule has 2 aromatic carbocycles. The smallest absolute Gasteiger partial charge is 0.242 e. The quantitative estimate of drug-likeness (QED) is 0.720. The van der Waals surface area contributed by atoms with E-state index in [4.69, 9.17) is 21.6 Å². The van der Waals surface area contributed by atoms with Gasteiger partial charge in [0.1, 0.15) is 11.8 Å². The Morgan fingerprint density at radius 3 is 2.52 bits per heavy atom. The van der Waals surface area contributed by atoms with Crippen molar-refractivity contribution in [3.63, 3.8) is 0 Å². The van der Waals surface area contributed by atoms with Gasteiger partial charge < -0.3 is 10.1 Å². The lowest BCUT2D eigenvalue weighted by Crippen LogP contribution is -2.50. The van der Waals surface area contributed by atoms with Gasteiger partial charge in [0.15, 0.2) is 21.2 Å². The van der Waals surface area contributed by atoms with Crippen LogP contribution < -0.4 is 10.1 Å². The molecule has 29 heavy (non-hydrogen) atoms. The fourth-order valence-electron chi connectivity index (χ4n) is 3.61. The van der Waals surface area contributed by atoms with Gasteiger partial charge in [-0.2, -0.15) is 5.26 Å². The van der Waals surface area contributed by atoms with Crippen LogP contribution in [0.4, 0.5) is 0 Å². The van der Waals surface area contributed by atoms with E-state index >= 15 is 0 Å². The van der Waals surface area contributed by atoms with E-state index in [0.29, 0.717) is 23.6 Å². The zero-order valence-corrected chi connectivity index (χ0v) is 17.3. The lowest BCUT2D eigenvalue weighted by molar-refractivity contribution is -0.123. The van der Waals surface area contributed by atoms with E-state index in [1.807, 2.05) is 6.07 Å². The second-order valence-corrected chi connectivity index (χ2v) is 9.63. The highest BCUT2D eigenvalue weighted by Gasteiger charge is 2.52. The average molecular weight is 433 g/mol. The van der Waals surface area contributed by atoms with Crippen LogP contribution in [0.1, 0.15) is 31.2 Å². The van der Waals surface area contributed by atoms with Gasteiger partial charge in [-0.15, -0.1) is 0 Å². The Kier molecular flexibility index (Phi) is 6.46. The molecule has 8 heteroatoms. The van der Waals surface area contributed by atoms with Gasteiger partial charge in [-0.25, -0.2) is 8.42 Å². The van der Waals surface area contributed by atoms with E-state index in [0.717, 1.165) is 5.56 Å². The van der Waals surface area contributed by atoms with Crippen LogP contribution in [0.5, 0.6) is 5.75 Å². The molecule has 0 radical (unpaired) electrons. The highest BCUT2D eigenvalue weighted by molar-refractivity contribution is 7.93. The molecular weight excluding hydrogens is 412 g/mol. The van der Waals surface area contributed by atoms with Crippen LogP contribution in [0.3, 0.4) is 0 Å². The normalized spacial score (nSPS) is 15.4. The van der Waals surface area contributed by atoms with Crippen molar-refractivity contribution in [1.29, 1.82) is 5.26 Å². The number of nitriles is 1. The highest BCUT2D eigenvalue weighted by Crippen LogP contribution is 2.41. The Hall–Kier alpha value is -2.56. The van der Waals surface area contributed by atoms with Crippen molar-refractivity contribution in [2.75, 3.05) is 6.61 Å². The first-order valence-electron chi connectivity index (χ1n) is 9.26. The first kappa shape index (κ1) is 21.2. The fraction of sp³-hybridized carbons (Fsp3) is 0.333. The Morgan fingerprint density at radius 2 is 1.86 bits per heavy atom. The number of ether oxygens (including phenoxy) is 1. The van der Waals surface area contributed by atoms with E-state index in [-0.39, 0.29) is 30.9 Å². The van der Waals surface area contributed by atoms with Crippen LogP contribution in [0.2, 0.25) is 5.02 Å². The third-order valence-electron chi connectivity index (χ3n) is 5.12. The number of amides is 1. The van der Waals surface area contributed by atoms with Crippen LogP contribution in [-0.4, -0.2) is 25.7 Å². The molecule has 1 saturated carbocycles. The van der Waals surface area contributed by atoms with Gasteiger partial charge >= 0.3 is 0 Å². The van der Waals surface area contributed by atoms with Crippen molar-refractivity contribution in [3.8, 4) is 11.8 Å². The SMILES string of the molecule is N#CCOc1cccc(CNC(=O)C2(S(=O)(=O)c3ccc(Cl)cc3)CCCC2)c1. The summed E-state index contributed by atoms with van der Waals surface area (Å²) in [6.45, 7) is 0.0960. The second-order valence-electron chi connectivity index (χ2n) is 6.94.